The Morgan fingerprint density at radius 3 is 2.30 bits per heavy atom. The molecule has 0 bridgehead atoms. The predicted molar refractivity (Wildman–Crippen MR) is 40.8 cm³/mol. The van der Waals surface area contributed by atoms with E-state index in [1.165, 1.54) is 0 Å². The fraction of sp³-hybridized carbons (Fsp3) is 0.857. The lowest BCUT2D eigenvalue weighted by atomic mass is 9.99. The monoisotopic (exact) mass is 164 g/mol. The summed E-state index contributed by atoms with van der Waals surface area (Å²) in [5, 5.41) is 0. The standard InChI is InChI=1S/C7H13ClO2/c1-5(2)6(3)7(9)10-4-8/h5-6H,4H2,1-3H3. The average Bonchev–Trinajstić information content (AvgIpc) is 1.87. The average molecular weight is 165 g/mol. The molecule has 0 aliphatic heterocycles. The molecule has 0 spiro atoms. The Balaban J connectivity index is 3.71. The van der Waals surface area contributed by atoms with Crippen molar-refractivity contribution in [1.82, 2.24) is 0 Å². The molecule has 0 aromatic carbocycles. The Kier molecular flexibility index (Phi) is 4.45. The third-order valence-electron chi connectivity index (χ3n) is 1.57. The third-order valence-corrected chi connectivity index (χ3v) is 1.68. The van der Waals surface area contributed by atoms with Crippen LogP contribution in [0.1, 0.15) is 20.8 Å². The molecule has 0 amide bonds. The van der Waals surface area contributed by atoms with E-state index in [1.807, 2.05) is 20.8 Å². The van der Waals surface area contributed by atoms with Gasteiger partial charge in [0.15, 0.2) is 6.07 Å². The van der Waals surface area contributed by atoms with Gasteiger partial charge in [-0.1, -0.05) is 32.4 Å². The first-order valence-corrected chi connectivity index (χ1v) is 3.85. The van der Waals surface area contributed by atoms with Crippen molar-refractivity contribution in [3.8, 4) is 0 Å². The number of halogens is 1. The van der Waals surface area contributed by atoms with E-state index in [-0.39, 0.29) is 18.0 Å². The maximum absolute atomic E-state index is 10.9. The summed E-state index contributed by atoms with van der Waals surface area (Å²) in [4.78, 5) is 10.9. The van der Waals surface area contributed by atoms with Crippen LogP contribution in [0.3, 0.4) is 0 Å². The van der Waals surface area contributed by atoms with Gasteiger partial charge in [-0.25, -0.2) is 0 Å². The summed E-state index contributed by atoms with van der Waals surface area (Å²) in [6, 6.07) is -0.0457. The zero-order chi connectivity index (χ0) is 8.15. The number of carbonyl (C=O) groups is 1. The molecule has 2 nitrogen and oxygen atoms in total. The highest BCUT2D eigenvalue weighted by Gasteiger charge is 2.17. The Labute approximate surface area is 66.5 Å². The molecule has 10 heavy (non-hydrogen) atoms. The minimum atomic E-state index is -0.218. The van der Waals surface area contributed by atoms with E-state index in [0.29, 0.717) is 5.92 Å². The van der Waals surface area contributed by atoms with Crippen molar-refractivity contribution in [2.24, 2.45) is 11.8 Å². The first kappa shape index (κ1) is 9.76. The van der Waals surface area contributed by atoms with Crippen LogP contribution in [0.15, 0.2) is 0 Å². The van der Waals surface area contributed by atoms with Crippen LogP contribution in [-0.4, -0.2) is 12.0 Å². The summed E-state index contributed by atoms with van der Waals surface area (Å²) in [6.07, 6.45) is 0. The molecule has 60 valence electrons. The summed E-state index contributed by atoms with van der Waals surface area (Å²) in [7, 11) is 0. The van der Waals surface area contributed by atoms with Crippen molar-refractivity contribution in [3.05, 3.63) is 0 Å². The zero-order valence-corrected chi connectivity index (χ0v) is 7.31. The van der Waals surface area contributed by atoms with Crippen molar-refractivity contribution in [3.63, 3.8) is 0 Å². The van der Waals surface area contributed by atoms with Crippen LogP contribution in [0.25, 0.3) is 0 Å². The lowest BCUT2D eigenvalue weighted by molar-refractivity contribution is -0.147. The summed E-state index contributed by atoms with van der Waals surface area (Å²) in [5.41, 5.74) is 0. The van der Waals surface area contributed by atoms with Crippen molar-refractivity contribution >= 4 is 17.6 Å². The fourth-order valence-corrected chi connectivity index (χ4v) is 0.565. The second-order valence-corrected chi connectivity index (χ2v) is 2.82. The van der Waals surface area contributed by atoms with Crippen LogP contribution >= 0.6 is 11.6 Å². The topological polar surface area (TPSA) is 26.3 Å². The summed E-state index contributed by atoms with van der Waals surface area (Å²) in [6.45, 7) is 5.78. The molecule has 0 fully saturated rings. The number of rotatable bonds is 3. The van der Waals surface area contributed by atoms with Gasteiger partial charge in [0.25, 0.3) is 0 Å². The van der Waals surface area contributed by atoms with Crippen molar-refractivity contribution in [2.45, 2.75) is 20.8 Å². The molecule has 1 atom stereocenters. The van der Waals surface area contributed by atoms with Crippen molar-refractivity contribution in [2.75, 3.05) is 6.07 Å². The highest BCUT2D eigenvalue weighted by atomic mass is 35.5. The van der Waals surface area contributed by atoms with Gasteiger partial charge >= 0.3 is 5.97 Å². The smallest absolute Gasteiger partial charge is 0.310 e. The first-order chi connectivity index (χ1) is 4.59. The van der Waals surface area contributed by atoms with Gasteiger partial charge in [0.1, 0.15) is 0 Å². The van der Waals surface area contributed by atoms with Gasteiger partial charge < -0.3 is 4.74 Å². The first-order valence-electron chi connectivity index (χ1n) is 3.32. The quantitative estimate of drug-likeness (QED) is 0.471. The molecular formula is C7H13ClO2. The Morgan fingerprint density at radius 1 is 1.50 bits per heavy atom. The molecule has 0 aliphatic rings. The Hall–Kier alpha value is -0.240. The molecule has 3 heteroatoms. The molecule has 0 saturated heterocycles. The molecule has 0 aliphatic carbocycles. The van der Waals surface area contributed by atoms with Gasteiger partial charge in [0, 0.05) is 0 Å². The number of ether oxygens (including phenoxy) is 1. The number of hydrogen-bond acceptors (Lipinski definition) is 2. The van der Waals surface area contributed by atoms with E-state index < -0.39 is 0 Å². The normalized spacial score (nSPS) is 13.3. The zero-order valence-electron chi connectivity index (χ0n) is 6.56. The SMILES string of the molecule is CC(C)C(C)C(=O)OCCl. The van der Waals surface area contributed by atoms with E-state index in [2.05, 4.69) is 4.74 Å². The predicted octanol–water partition coefficient (Wildman–Crippen LogP) is 2.02. The van der Waals surface area contributed by atoms with E-state index >= 15 is 0 Å². The second kappa shape index (κ2) is 4.56. The molecular weight excluding hydrogens is 152 g/mol. The van der Waals surface area contributed by atoms with E-state index in [0.717, 1.165) is 0 Å². The van der Waals surface area contributed by atoms with Gasteiger partial charge in [0.2, 0.25) is 0 Å². The minimum Gasteiger partial charge on any atom is -0.449 e. The number of esters is 1. The Bertz CT molecular complexity index is 112. The van der Waals surface area contributed by atoms with Gasteiger partial charge in [-0.3, -0.25) is 4.79 Å². The third kappa shape index (κ3) is 3.06. The molecule has 1 unspecified atom stereocenters. The second-order valence-electron chi connectivity index (χ2n) is 2.61. The van der Waals surface area contributed by atoms with Crippen LogP contribution in [0.4, 0.5) is 0 Å². The maximum Gasteiger partial charge on any atom is 0.310 e. The maximum atomic E-state index is 10.9. The van der Waals surface area contributed by atoms with Gasteiger partial charge in [-0.05, 0) is 5.92 Å². The molecule has 0 heterocycles. The summed E-state index contributed by atoms with van der Waals surface area (Å²) < 4.78 is 4.59. The molecule has 0 rings (SSSR count). The van der Waals surface area contributed by atoms with Crippen LogP contribution < -0.4 is 0 Å². The van der Waals surface area contributed by atoms with Crippen LogP contribution in [0, 0.1) is 11.8 Å². The fourth-order valence-electron chi connectivity index (χ4n) is 0.457. The lowest BCUT2D eigenvalue weighted by Crippen LogP contribution is -2.18. The van der Waals surface area contributed by atoms with Crippen LogP contribution in [0.2, 0.25) is 0 Å². The summed E-state index contributed by atoms with van der Waals surface area (Å²) in [5.74, 6) is 0.0412. The minimum absolute atomic E-state index is 0.0457. The van der Waals surface area contributed by atoms with Gasteiger partial charge in [0.05, 0.1) is 5.92 Å². The molecule has 0 saturated carbocycles. The van der Waals surface area contributed by atoms with E-state index in [9.17, 15) is 4.79 Å². The van der Waals surface area contributed by atoms with E-state index in [1.54, 1.807) is 0 Å². The van der Waals surface area contributed by atoms with Crippen molar-refractivity contribution < 1.29 is 9.53 Å². The summed E-state index contributed by atoms with van der Waals surface area (Å²) >= 11 is 5.20. The number of hydrogen-bond donors (Lipinski definition) is 0. The molecule has 0 radical (unpaired) electrons. The Morgan fingerprint density at radius 2 is 2.00 bits per heavy atom. The van der Waals surface area contributed by atoms with Gasteiger partial charge in [-0.15, -0.1) is 0 Å². The van der Waals surface area contributed by atoms with Crippen LogP contribution in [0.5, 0.6) is 0 Å². The van der Waals surface area contributed by atoms with Gasteiger partial charge in [-0.2, -0.15) is 0 Å². The largest absolute Gasteiger partial charge is 0.449 e. The number of carbonyl (C=O) groups excluding carboxylic acids is 1. The lowest BCUT2D eigenvalue weighted by Gasteiger charge is -2.12. The number of alkyl halides is 1. The molecule has 0 N–H and O–H groups in total. The highest BCUT2D eigenvalue weighted by molar-refractivity contribution is 6.17. The van der Waals surface area contributed by atoms with Crippen molar-refractivity contribution in [1.29, 1.82) is 0 Å². The highest BCUT2D eigenvalue weighted by Crippen LogP contribution is 2.11. The van der Waals surface area contributed by atoms with E-state index in [4.69, 9.17) is 11.6 Å². The molecule has 0 aromatic heterocycles. The van der Waals surface area contributed by atoms with Crippen LogP contribution in [-0.2, 0) is 9.53 Å². The molecule has 0 aromatic rings.